The van der Waals surface area contributed by atoms with E-state index in [9.17, 15) is 9.59 Å². The monoisotopic (exact) mass is 293 g/mol. The minimum Gasteiger partial charge on any atom is -0.467 e. The van der Waals surface area contributed by atoms with Gasteiger partial charge in [0.2, 0.25) is 5.91 Å². The van der Waals surface area contributed by atoms with Crippen molar-refractivity contribution < 1.29 is 14.0 Å². The summed E-state index contributed by atoms with van der Waals surface area (Å²) < 4.78 is 5.11. The standard InChI is InChI=1S/C15H23N3O3/c1-11-5-2-3-7-13(11)18-15(20)17-10-14(19)16-9-12-6-4-8-21-12/h4,6,8,11,13H,2-3,5,7,9-10H2,1H3,(H,16,19)(H2,17,18,20). The van der Waals surface area contributed by atoms with Crippen LogP contribution in [-0.2, 0) is 11.3 Å². The van der Waals surface area contributed by atoms with Crippen molar-refractivity contribution in [3.8, 4) is 0 Å². The summed E-state index contributed by atoms with van der Waals surface area (Å²) in [5.74, 6) is 0.944. The van der Waals surface area contributed by atoms with Gasteiger partial charge in [-0.05, 0) is 30.9 Å². The molecule has 21 heavy (non-hydrogen) atoms. The third-order valence-electron chi connectivity index (χ3n) is 3.88. The lowest BCUT2D eigenvalue weighted by molar-refractivity contribution is -0.120. The molecule has 1 aromatic rings. The van der Waals surface area contributed by atoms with Gasteiger partial charge in [-0.2, -0.15) is 0 Å². The molecule has 0 spiro atoms. The van der Waals surface area contributed by atoms with Gasteiger partial charge in [-0.15, -0.1) is 0 Å². The predicted octanol–water partition coefficient (Wildman–Crippen LogP) is 1.77. The lowest BCUT2D eigenvalue weighted by atomic mass is 9.86. The molecule has 0 saturated heterocycles. The second kappa shape index (κ2) is 7.71. The molecule has 1 aliphatic rings. The summed E-state index contributed by atoms with van der Waals surface area (Å²) in [5, 5.41) is 8.21. The zero-order valence-corrected chi connectivity index (χ0v) is 12.4. The maximum atomic E-state index is 11.8. The first-order valence-corrected chi connectivity index (χ1v) is 7.48. The Morgan fingerprint density at radius 3 is 2.81 bits per heavy atom. The molecule has 0 radical (unpaired) electrons. The Kier molecular flexibility index (Phi) is 5.66. The molecule has 2 atom stereocenters. The Balaban J connectivity index is 1.62. The zero-order valence-electron chi connectivity index (χ0n) is 12.4. The van der Waals surface area contributed by atoms with Crippen molar-refractivity contribution in [2.24, 2.45) is 5.92 Å². The van der Waals surface area contributed by atoms with Crippen LogP contribution >= 0.6 is 0 Å². The van der Waals surface area contributed by atoms with E-state index in [1.165, 1.54) is 6.42 Å². The molecule has 116 valence electrons. The van der Waals surface area contributed by atoms with Crippen LogP contribution in [-0.4, -0.2) is 24.5 Å². The Hall–Kier alpha value is -1.98. The summed E-state index contributed by atoms with van der Waals surface area (Å²) in [6.07, 6.45) is 6.10. The third kappa shape index (κ3) is 5.13. The minimum atomic E-state index is -0.276. The van der Waals surface area contributed by atoms with Crippen molar-refractivity contribution in [1.29, 1.82) is 0 Å². The van der Waals surface area contributed by atoms with Gasteiger partial charge < -0.3 is 20.4 Å². The number of nitrogens with one attached hydrogen (secondary N) is 3. The molecule has 3 amide bonds. The molecule has 2 rings (SSSR count). The summed E-state index contributed by atoms with van der Waals surface area (Å²) in [6, 6.07) is 3.48. The SMILES string of the molecule is CC1CCCCC1NC(=O)NCC(=O)NCc1ccco1. The minimum absolute atomic E-state index is 0.0341. The summed E-state index contributed by atoms with van der Waals surface area (Å²) in [6.45, 7) is 2.45. The van der Waals surface area contributed by atoms with Crippen LogP contribution in [0.5, 0.6) is 0 Å². The summed E-state index contributed by atoms with van der Waals surface area (Å²) in [4.78, 5) is 23.4. The maximum absolute atomic E-state index is 11.8. The van der Waals surface area contributed by atoms with Gasteiger partial charge in [-0.3, -0.25) is 4.79 Å². The van der Waals surface area contributed by atoms with Crippen LogP contribution in [0.2, 0.25) is 0 Å². The molecule has 0 bridgehead atoms. The molecule has 0 aliphatic heterocycles. The van der Waals surface area contributed by atoms with Crippen LogP contribution in [0.1, 0.15) is 38.4 Å². The number of carbonyl (C=O) groups excluding carboxylic acids is 2. The Morgan fingerprint density at radius 1 is 1.29 bits per heavy atom. The quantitative estimate of drug-likeness (QED) is 0.773. The summed E-state index contributed by atoms with van der Waals surface area (Å²) in [7, 11) is 0. The van der Waals surface area contributed by atoms with Gasteiger partial charge in [0.15, 0.2) is 0 Å². The molecule has 1 aliphatic carbocycles. The Labute approximate surface area is 124 Å². The molecule has 6 heteroatoms. The number of amides is 3. The summed E-state index contributed by atoms with van der Waals surface area (Å²) >= 11 is 0. The topological polar surface area (TPSA) is 83.4 Å². The molecular formula is C15H23N3O3. The molecule has 3 N–H and O–H groups in total. The van der Waals surface area contributed by atoms with Crippen molar-refractivity contribution >= 4 is 11.9 Å². The van der Waals surface area contributed by atoms with E-state index in [0.717, 1.165) is 19.3 Å². The highest BCUT2D eigenvalue weighted by Gasteiger charge is 2.22. The van der Waals surface area contributed by atoms with E-state index in [1.807, 2.05) is 0 Å². The van der Waals surface area contributed by atoms with Gasteiger partial charge in [0.05, 0.1) is 19.4 Å². The molecule has 1 saturated carbocycles. The Bertz CT molecular complexity index is 459. The van der Waals surface area contributed by atoms with E-state index in [1.54, 1.807) is 18.4 Å². The number of rotatable bonds is 5. The van der Waals surface area contributed by atoms with Crippen LogP contribution < -0.4 is 16.0 Å². The molecule has 1 aromatic heterocycles. The van der Waals surface area contributed by atoms with E-state index in [-0.39, 0.29) is 24.5 Å². The first kappa shape index (κ1) is 15.4. The first-order chi connectivity index (χ1) is 10.1. The van der Waals surface area contributed by atoms with E-state index < -0.39 is 0 Å². The smallest absolute Gasteiger partial charge is 0.315 e. The van der Waals surface area contributed by atoms with Gasteiger partial charge in [-0.25, -0.2) is 4.79 Å². The van der Waals surface area contributed by atoms with Crippen LogP contribution in [0.3, 0.4) is 0 Å². The van der Waals surface area contributed by atoms with Gasteiger partial charge in [-0.1, -0.05) is 19.8 Å². The number of carbonyl (C=O) groups is 2. The average Bonchev–Trinajstić information content (AvgIpc) is 2.99. The van der Waals surface area contributed by atoms with E-state index >= 15 is 0 Å². The lowest BCUT2D eigenvalue weighted by Crippen LogP contribution is -2.48. The second-order valence-corrected chi connectivity index (χ2v) is 5.55. The van der Waals surface area contributed by atoms with Crippen molar-refractivity contribution in [2.45, 2.75) is 45.2 Å². The predicted molar refractivity (Wildman–Crippen MR) is 78.5 cm³/mol. The highest BCUT2D eigenvalue weighted by Crippen LogP contribution is 2.23. The van der Waals surface area contributed by atoms with Crippen LogP contribution in [0, 0.1) is 5.92 Å². The van der Waals surface area contributed by atoms with Crippen LogP contribution in [0.4, 0.5) is 4.79 Å². The number of furan rings is 1. The van der Waals surface area contributed by atoms with Crippen molar-refractivity contribution in [1.82, 2.24) is 16.0 Å². The van der Waals surface area contributed by atoms with E-state index in [4.69, 9.17) is 4.42 Å². The fourth-order valence-corrected chi connectivity index (χ4v) is 2.57. The second-order valence-electron chi connectivity index (χ2n) is 5.55. The fraction of sp³-hybridized carbons (Fsp3) is 0.600. The van der Waals surface area contributed by atoms with Crippen molar-refractivity contribution in [3.05, 3.63) is 24.2 Å². The molecule has 1 heterocycles. The van der Waals surface area contributed by atoms with Crippen LogP contribution in [0.15, 0.2) is 22.8 Å². The highest BCUT2D eigenvalue weighted by molar-refractivity contribution is 5.83. The average molecular weight is 293 g/mol. The zero-order chi connectivity index (χ0) is 15.1. The largest absolute Gasteiger partial charge is 0.467 e. The number of hydrogen-bond acceptors (Lipinski definition) is 3. The van der Waals surface area contributed by atoms with E-state index in [0.29, 0.717) is 18.2 Å². The molecule has 2 unspecified atom stereocenters. The first-order valence-electron chi connectivity index (χ1n) is 7.48. The van der Waals surface area contributed by atoms with E-state index in [2.05, 4.69) is 22.9 Å². The van der Waals surface area contributed by atoms with Gasteiger partial charge in [0.25, 0.3) is 0 Å². The van der Waals surface area contributed by atoms with Gasteiger partial charge in [0, 0.05) is 6.04 Å². The lowest BCUT2D eigenvalue weighted by Gasteiger charge is -2.29. The number of urea groups is 1. The van der Waals surface area contributed by atoms with Crippen molar-refractivity contribution in [2.75, 3.05) is 6.54 Å². The van der Waals surface area contributed by atoms with Crippen LogP contribution in [0.25, 0.3) is 0 Å². The fourth-order valence-electron chi connectivity index (χ4n) is 2.57. The van der Waals surface area contributed by atoms with Gasteiger partial charge in [0.1, 0.15) is 5.76 Å². The molecule has 6 nitrogen and oxygen atoms in total. The normalized spacial score (nSPS) is 21.6. The third-order valence-corrected chi connectivity index (χ3v) is 3.88. The molecular weight excluding hydrogens is 270 g/mol. The van der Waals surface area contributed by atoms with Gasteiger partial charge >= 0.3 is 6.03 Å². The molecule has 0 aromatic carbocycles. The molecule has 1 fully saturated rings. The Morgan fingerprint density at radius 2 is 2.10 bits per heavy atom. The summed E-state index contributed by atoms with van der Waals surface area (Å²) in [5.41, 5.74) is 0. The number of hydrogen-bond donors (Lipinski definition) is 3. The maximum Gasteiger partial charge on any atom is 0.315 e. The highest BCUT2D eigenvalue weighted by atomic mass is 16.3. The van der Waals surface area contributed by atoms with Crippen molar-refractivity contribution in [3.63, 3.8) is 0 Å².